The highest BCUT2D eigenvalue weighted by Gasteiger charge is 2.06. The molecule has 1 rings (SSSR count). The summed E-state index contributed by atoms with van der Waals surface area (Å²) in [5.74, 6) is 0. The maximum absolute atomic E-state index is 3.52. The van der Waals surface area contributed by atoms with Crippen LogP contribution in [0, 0.1) is 6.92 Å². The maximum atomic E-state index is 3.52. The Hall–Kier alpha value is -0.0200. The zero-order chi connectivity index (χ0) is 9.30. The highest BCUT2D eigenvalue weighted by molar-refractivity contribution is 9.13. The van der Waals surface area contributed by atoms with Crippen molar-refractivity contribution in [2.75, 3.05) is 19.0 Å². The second-order valence-corrected chi connectivity index (χ2v) is 4.55. The molecule has 1 aromatic rings. The molecule has 0 bridgehead atoms. The topological polar surface area (TPSA) is 3.24 Å². The zero-order valence-electron chi connectivity index (χ0n) is 7.36. The first-order valence-electron chi connectivity index (χ1n) is 3.66. The molecule has 0 spiro atoms. The Morgan fingerprint density at radius 3 is 2.25 bits per heavy atom. The molecule has 0 N–H and O–H groups in total. The van der Waals surface area contributed by atoms with Gasteiger partial charge in [0.1, 0.15) is 0 Å². The number of nitrogens with zero attached hydrogens (tertiary/aromatic N) is 1. The molecule has 0 saturated carbocycles. The molecule has 1 aromatic carbocycles. The normalized spacial score (nSPS) is 10.1. The van der Waals surface area contributed by atoms with Gasteiger partial charge in [-0.15, -0.1) is 0 Å². The van der Waals surface area contributed by atoms with Gasteiger partial charge >= 0.3 is 0 Å². The van der Waals surface area contributed by atoms with Crippen molar-refractivity contribution in [1.29, 1.82) is 0 Å². The number of anilines is 1. The molecule has 12 heavy (non-hydrogen) atoms. The minimum Gasteiger partial charge on any atom is -0.377 e. The van der Waals surface area contributed by atoms with E-state index in [-0.39, 0.29) is 0 Å². The van der Waals surface area contributed by atoms with Gasteiger partial charge in [0.05, 0.1) is 0 Å². The zero-order valence-corrected chi connectivity index (χ0v) is 10.5. The first-order chi connectivity index (χ1) is 5.54. The fraction of sp³-hybridized carbons (Fsp3) is 0.333. The van der Waals surface area contributed by atoms with Gasteiger partial charge in [0, 0.05) is 28.7 Å². The lowest BCUT2D eigenvalue weighted by Crippen LogP contribution is -2.10. The van der Waals surface area contributed by atoms with Crippen LogP contribution < -0.4 is 4.90 Å². The monoisotopic (exact) mass is 291 g/mol. The fourth-order valence-electron chi connectivity index (χ4n) is 1.13. The van der Waals surface area contributed by atoms with E-state index in [1.807, 2.05) is 20.2 Å². The minimum absolute atomic E-state index is 1.10. The SMILES string of the molecule is Cc1c(N(C)C)ccc(Br)c1Br. The van der Waals surface area contributed by atoms with Crippen LogP contribution in [0.4, 0.5) is 5.69 Å². The molecule has 0 radical (unpaired) electrons. The molecule has 0 fully saturated rings. The van der Waals surface area contributed by atoms with E-state index >= 15 is 0 Å². The van der Waals surface area contributed by atoms with Gasteiger partial charge in [0.25, 0.3) is 0 Å². The van der Waals surface area contributed by atoms with Crippen LogP contribution >= 0.6 is 31.9 Å². The molecular formula is C9H11Br2N. The second-order valence-electron chi connectivity index (χ2n) is 2.90. The smallest absolute Gasteiger partial charge is 0.0402 e. The Balaban J connectivity index is 3.27. The lowest BCUT2D eigenvalue weighted by Gasteiger charge is -2.16. The Kier molecular flexibility index (Phi) is 3.18. The maximum Gasteiger partial charge on any atom is 0.0402 e. The first kappa shape index (κ1) is 10.1. The van der Waals surface area contributed by atoms with E-state index in [9.17, 15) is 0 Å². The Labute approximate surface area is 90.0 Å². The standard InChI is InChI=1S/C9H11Br2N/c1-6-8(12(2)3)5-4-7(10)9(6)11/h4-5H,1-3H3. The summed E-state index contributed by atoms with van der Waals surface area (Å²) < 4.78 is 2.24. The number of rotatable bonds is 1. The third kappa shape index (κ3) is 1.83. The van der Waals surface area contributed by atoms with Crippen molar-refractivity contribution in [3.05, 3.63) is 26.6 Å². The van der Waals surface area contributed by atoms with Crippen LogP contribution in [0.2, 0.25) is 0 Å². The van der Waals surface area contributed by atoms with Crippen molar-refractivity contribution >= 4 is 37.5 Å². The molecule has 0 aliphatic carbocycles. The highest BCUT2D eigenvalue weighted by atomic mass is 79.9. The molecule has 0 heterocycles. The molecule has 0 aromatic heterocycles. The molecule has 66 valence electrons. The molecule has 0 aliphatic heterocycles. The lowest BCUT2D eigenvalue weighted by atomic mass is 10.2. The third-order valence-corrected chi connectivity index (χ3v) is 4.01. The van der Waals surface area contributed by atoms with Gasteiger partial charge in [-0.25, -0.2) is 0 Å². The van der Waals surface area contributed by atoms with Gasteiger partial charge in [-0.1, -0.05) is 0 Å². The van der Waals surface area contributed by atoms with Crippen molar-refractivity contribution in [2.24, 2.45) is 0 Å². The van der Waals surface area contributed by atoms with Crippen LogP contribution in [-0.2, 0) is 0 Å². The molecule has 0 saturated heterocycles. The number of hydrogen-bond donors (Lipinski definition) is 0. The second kappa shape index (κ2) is 3.79. The number of hydrogen-bond acceptors (Lipinski definition) is 1. The summed E-state index contributed by atoms with van der Waals surface area (Å²) in [6.07, 6.45) is 0. The van der Waals surface area contributed by atoms with Gasteiger partial charge < -0.3 is 4.90 Å². The van der Waals surface area contributed by atoms with Crippen molar-refractivity contribution in [2.45, 2.75) is 6.92 Å². The predicted molar refractivity (Wildman–Crippen MR) is 60.9 cm³/mol. The van der Waals surface area contributed by atoms with E-state index in [1.165, 1.54) is 11.3 Å². The molecule has 1 nitrogen and oxygen atoms in total. The van der Waals surface area contributed by atoms with Crippen molar-refractivity contribution < 1.29 is 0 Å². The van der Waals surface area contributed by atoms with Crippen LogP contribution in [0.3, 0.4) is 0 Å². The average molecular weight is 293 g/mol. The summed E-state index contributed by atoms with van der Waals surface area (Å²) in [6, 6.07) is 4.15. The molecule has 3 heteroatoms. The lowest BCUT2D eigenvalue weighted by molar-refractivity contribution is 1.11. The van der Waals surface area contributed by atoms with E-state index in [1.54, 1.807) is 0 Å². The molecule has 0 unspecified atom stereocenters. The number of benzene rings is 1. The third-order valence-electron chi connectivity index (χ3n) is 1.79. The Morgan fingerprint density at radius 1 is 1.17 bits per heavy atom. The first-order valence-corrected chi connectivity index (χ1v) is 5.24. The van der Waals surface area contributed by atoms with Crippen molar-refractivity contribution in [3.8, 4) is 0 Å². The summed E-state index contributed by atoms with van der Waals surface area (Å²) in [5.41, 5.74) is 2.50. The van der Waals surface area contributed by atoms with Crippen molar-refractivity contribution in [3.63, 3.8) is 0 Å². The van der Waals surface area contributed by atoms with E-state index < -0.39 is 0 Å². The van der Waals surface area contributed by atoms with E-state index in [0.29, 0.717) is 0 Å². The van der Waals surface area contributed by atoms with Crippen LogP contribution in [0.25, 0.3) is 0 Å². The summed E-state index contributed by atoms with van der Waals surface area (Å²) in [4.78, 5) is 2.10. The van der Waals surface area contributed by atoms with Crippen LogP contribution in [0.15, 0.2) is 21.1 Å². The minimum atomic E-state index is 1.10. The quantitative estimate of drug-likeness (QED) is 0.765. The molecule has 0 atom stereocenters. The van der Waals surface area contributed by atoms with Gasteiger partial charge in [-0.3, -0.25) is 0 Å². The summed E-state index contributed by atoms with van der Waals surface area (Å²) >= 11 is 6.99. The molecule has 0 aliphatic rings. The average Bonchev–Trinajstić information content (AvgIpc) is 2.00. The Bertz CT molecular complexity index is 295. The predicted octanol–water partition coefficient (Wildman–Crippen LogP) is 3.59. The number of halogens is 2. The summed E-state index contributed by atoms with van der Waals surface area (Å²) in [5, 5.41) is 0. The Morgan fingerprint density at radius 2 is 1.75 bits per heavy atom. The van der Waals surface area contributed by atoms with Gasteiger partial charge in [0.2, 0.25) is 0 Å². The van der Waals surface area contributed by atoms with Crippen LogP contribution in [0.1, 0.15) is 5.56 Å². The highest BCUT2D eigenvalue weighted by Crippen LogP contribution is 2.32. The fourth-order valence-corrected chi connectivity index (χ4v) is 1.89. The van der Waals surface area contributed by atoms with Crippen LogP contribution in [0.5, 0.6) is 0 Å². The van der Waals surface area contributed by atoms with Crippen LogP contribution in [-0.4, -0.2) is 14.1 Å². The largest absolute Gasteiger partial charge is 0.377 e. The van der Waals surface area contributed by atoms with E-state index in [2.05, 4.69) is 49.7 Å². The molecule has 0 amide bonds. The van der Waals surface area contributed by atoms with E-state index in [0.717, 1.165) is 8.95 Å². The van der Waals surface area contributed by atoms with E-state index in [4.69, 9.17) is 0 Å². The van der Waals surface area contributed by atoms with Gasteiger partial charge in [-0.05, 0) is 56.5 Å². The van der Waals surface area contributed by atoms with Crippen molar-refractivity contribution in [1.82, 2.24) is 0 Å². The summed E-state index contributed by atoms with van der Waals surface area (Å²) in [6.45, 7) is 2.10. The van der Waals surface area contributed by atoms with Gasteiger partial charge in [0.15, 0.2) is 0 Å². The van der Waals surface area contributed by atoms with Gasteiger partial charge in [-0.2, -0.15) is 0 Å². The molecular weight excluding hydrogens is 282 g/mol. The summed E-state index contributed by atoms with van der Waals surface area (Å²) in [7, 11) is 4.09.